The first kappa shape index (κ1) is 17.2. The van der Waals surface area contributed by atoms with Gasteiger partial charge in [0, 0.05) is 23.2 Å². The number of nitrogens with one attached hydrogen (secondary N) is 1. The SMILES string of the molecule is O=C1NC2(CO1)CN(C(=O)c1sc3ccc(OC(F)(F)F)cc3c1Cl)C2. The molecule has 0 atom stereocenters. The number of alkyl halides is 3. The maximum absolute atomic E-state index is 12.6. The van der Waals surface area contributed by atoms with E-state index in [0.717, 1.165) is 17.4 Å². The molecule has 0 saturated carbocycles. The first-order valence-corrected chi connectivity index (χ1v) is 8.57. The highest BCUT2D eigenvalue weighted by atomic mass is 35.5. The van der Waals surface area contributed by atoms with Crippen molar-refractivity contribution < 1.29 is 32.2 Å². The molecule has 0 radical (unpaired) electrons. The van der Waals surface area contributed by atoms with E-state index >= 15 is 0 Å². The molecule has 26 heavy (non-hydrogen) atoms. The van der Waals surface area contributed by atoms with Gasteiger partial charge in [-0.15, -0.1) is 24.5 Å². The van der Waals surface area contributed by atoms with Gasteiger partial charge in [0.1, 0.15) is 22.8 Å². The average molecular weight is 407 g/mol. The van der Waals surface area contributed by atoms with Gasteiger partial charge in [0.2, 0.25) is 0 Å². The molecule has 2 fully saturated rings. The standard InChI is InChI=1S/C15H10ClF3N2O4S/c16-10-8-3-7(25-15(17,18)19)1-2-9(8)26-11(10)12(22)21-4-14(5-21)6-24-13(23)20-14/h1-3H,4-6H2,(H,20,23). The maximum Gasteiger partial charge on any atom is 0.573 e. The number of nitrogens with zero attached hydrogens (tertiary/aromatic N) is 1. The van der Waals surface area contributed by atoms with E-state index < -0.39 is 23.7 Å². The van der Waals surface area contributed by atoms with Crippen LogP contribution in [0.3, 0.4) is 0 Å². The molecule has 6 nitrogen and oxygen atoms in total. The zero-order valence-corrected chi connectivity index (χ0v) is 14.4. The molecule has 0 aliphatic carbocycles. The molecule has 2 aliphatic rings. The van der Waals surface area contributed by atoms with E-state index in [-0.39, 0.29) is 35.5 Å². The molecule has 4 rings (SSSR count). The number of likely N-dealkylation sites (tertiary alicyclic amines) is 1. The van der Waals surface area contributed by atoms with Crippen molar-refractivity contribution in [2.75, 3.05) is 19.7 Å². The molecule has 0 unspecified atom stereocenters. The number of amides is 2. The number of fused-ring (bicyclic) bond motifs is 1. The number of alkyl carbamates (subject to hydrolysis) is 1. The molecule has 1 aromatic carbocycles. The Balaban J connectivity index is 1.56. The van der Waals surface area contributed by atoms with Crippen molar-refractivity contribution in [2.24, 2.45) is 0 Å². The van der Waals surface area contributed by atoms with E-state index in [9.17, 15) is 22.8 Å². The smallest absolute Gasteiger partial charge is 0.447 e. The number of carbonyl (C=O) groups excluding carboxylic acids is 2. The Morgan fingerprint density at radius 1 is 1.38 bits per heavy atom. The molecule has 2 amide bonds. The second-order valence-electron chi connectivity index (χ2n) is 6.09. The second kappa shape index (κ2) is 5.65. The molecule has 1 N–H and O–H groups in total. The lowest BCUT2D eigenvalue weighted by molar-refractivity contribution is -0.274. The Bertz CT molecular complexity index is 923. The van der Waals surface area contributed by atoms with E-state index in [4.69, 9.17) is 16.3 Å². The molecule has 3 heterocycles. The van der Waals surface area contributed by atoms with Crippen molar-refractivity contribution in [1.82, 2.24) is 10.2 Å². The second-order valence-corrected chi connectivity index (χ2v) is 7.52. The van der Waals surface area contributed by atoms with Crippen LogP contribution in [0.4, 0.5) is 18.0 Å². The van der Waals surface area contributed by atoms with Gasteiger partial charge in [-0.25, -0.2) is 4.79 Å². The number of ether oxygens (including phenoxy) is 2. The quantitative estimate of drug-likeness (QED) is 0.830. The van der Waals surface area contributed by atoms with E-state index in [0.29, 0.717) is 10.1 Å². The molecule has 1 spiro atoms. The van der Waals surface area contributed by atoms with Crippen molar-refractivity contribution in [3.05, 3.63) is 28.1 Å². The monoisotopic (exact) mass is 406 g/mol. The van der Waals surface area contributed by atoms with Crippen molar-refractivity contribution in [3.8, 4) is 5.75 Å². The van der Waals surface area contributed by atoms with E-state index in [1.54, 1.807) is 0 Å². The summed E-state index contributed by atoms with van der Waals surface area (Å²) in [6.45, 7) is 0.753. The van der Waals surface area contributed by atoms with Crippen molar-refractivity contribution in [1.29, 1.82) is 0 Å². The number of carbonyl (C=O) groups is 2. The minimum Gasteiger partial charge on any atom is -0.447 e. The fourth-order valence-corrected chi connectivity index (χ4v) is 4.47. The van der Waals surface area contributed by atoms with Crippen LogP contribution in [0.25, 0.3) is 10.1 Å². The lowest BCUT2D eigenvalue weighted by Crippen LogP contribution is -2.69. The molecular weight excluding hydrogens is 397 g/mol. The summed E-state index contributed by atoms with van der Waals surface area (Å²) in [5.74, 6) is -0.751. The van der Waals surface area contributed by atoms with E-state index in [2.05, 4.69) is 10.1 Å². The van der Waals surface area contributed by atoms with E-state index in [1.165, 1.54) is 17.0 Å². The third-order valence-corrected chi connectivity index (χ3v) is 5.81. The fourth-order valence-electron chi connectivity index (χ4n) is 3.02. The van der Waals surface area contributed by atoms with Gasteiger partial charge >= 0.3 is 12.5 Å². The molecule has 2 saturated heterocycles. The number of halogens is 4. The summed E-state index contributed by atoms with van der Waals surface area (Å²) in [5.41, 5.74) is -0.566. The zero-order chi connectivity index (χ0) is 18.7. The first-order chi connectivity index (χ1) is 12.2. The van der Waals surface area contributed by atoms with Gasteiger partial charge in [0.05, 0.1) is 5.02 Å². The predicted octanol–water partition coefficient (Wildman–Crippen LogP) is 3.39. The van der Waals surface area contributed by atoms with Crippen LogP contribution in [0.2, 0.25) is 5.02 Å². The lowest BCUT2D eigenvalue weighted by Gasteiger charge is -2.45. The van der Waals surface area contributed by atoms with Crippen LogP contribution < -0.4 is 10.1 Å². The van der Waals surface area contributed by atoms with Crippen LogP contribution in [0.1, 0.15) is 9.67 Å². The Kier molecular flexibility index (Phi) is 3.74. The van der Waals surface area contributed by atoms with Gasteiger partial charge < -0.3 is 19.7 Å². The number of hydrogen-bond acceptors (Lipinski definition) is 5. The molecule has 11 heteroatoms. The fraction of sp³-hybridized carbons (Fsp3) is 0.333. The van der Waals surface area contributed by atoms with Gasteiger partial charge in [-0.2, -0.15) is 0 Å². The topological polar surface area (TPSA) is 67.9 Å². The largest absolute Gasteiger partial charge is 0.573 e. The van der Waals surface area contributed by atoms with Gasteiger partial charge in [-0.05, 0) is 18.2 Å². The van der Waals surface area contributed by atoms with E-state index in [1.807, 2.05) is 0 Å². The minimum absolute atomic E-state index is 0.0790. The minimum atomic E-state index is -4.81. The highest BCUT2D eigenvalue weighted by molar-refractivity contribution is 7.21. The predicted molar refractivity (Wildman–Crippen MR) is 86.6 cm³/mol. The van der Waals surface area contributed by atoms with Crippen LogP contribution in [0.15, 0.2) is 18.2 Å². The summed E-state index contributed by atoms with van der Waals surface area (Å²) < 4.78 is 46.4. The molecule has 2 aliphatic heterocycles. The van der Waals surface area contributed by atoms with Crippen molar-refractivity contribution in [2.45, 2.75) is 11.9 Å². The van der Waals surface area contributed by atoms with Crippen LogP contribution in [-0.2, 0) is 4.74 Å². The number of cyclic esters (lactones) is 1. The number of rotatable bonds is 2. The third kappa shape index (κ3) is 2.92. The third-order valence-electron chi connectivity index (χ3n) is 4.15. The van der Waals surface area contributed by atoms with Gasteiger partial charge in [0.15, 0.2) is 0 Å². The number of benzene rings is 1. The Morgan fingerprint density at radius 2 is 2.12 bits per heavy atom. The first-order valence-electron chi connectivity index (χ1n) is 7.38. The van der Waals surface area contributed by atoms with Gasteiger partial charge in [0.25, 0.3) is 5.91 Å². The zero-order valence-electron chi connectivity index (χ0n) is 12.9. The van der Waals surface area contributed by atoms with Crippen LogP contribution in [-0.4, -0.2) is 48.5 Å². The molecule has 2 aromatic rings. The highest BCUT2D eigenvalue weighted by Gasteiger charge is 2.51. The normalized spacial score (nSPS) is 18.6. The summed E-state index contributed by atoms with van der Waals surface area (Å²) in [4.78, 5) is 25.5. The Labute approximate surface area is 153 Å². The lowest BCUT2D eigenvalue weighted by atomic mass is 9.91. The van der Waals surface area contributed by atoms with Crippen molar-refractivity contribution >= 4 is 45.0 Å². The molecule has 1 aromatic heterocycles. The molecule has 138 valence electrons. The highest BCUT2D eigenvalue weighted by Crippen LogP contribution is 2.40. The maximum atomic E-state index is 12.6. The van der Waals surface area contributed by atoms with Gasteiger partial charge in [-0.3, -0.25) is 4.79 Å². The summed E-state index contributed by atoms with van der Waals surface area (Å²) >= 11 is 7.32. The van der Waals surface area contributed by atoms with Crippen LogP contribution in [0, 0.1) is 0 Å². The Morgan fingerprint density at radius 3 is 2.73 bits per heavy atom. The number of hydrogen-bond donors (Lipinski definition) is 1. The average Bonchev–Trinajstić information content (AvgIpc) is 3.05. The molecular formula is C15H10ClF3N2O4S. The Hall–Kier alpha value is -2.20. The van der Waals surface area contributed by atoms with Crippen LogP contribution >= 0.6 is 22.9 Å². The molecule has 0 bridgehead atoms. The summed E-state index contributed by atoms with van der Waals surface area (Å²) in [7, 11) is 0. The summed E-state index contributed by atoms with van der Waals surface area (Å²) in [6.07, 6.45) is -5.33. The van der Waals surface area contributed by atoms with Crippen molar-refractivity contribution in [3.63, 3.8) is 0 Å². The number of thiophene rings is 1. The van der Waals surface area contributed by atoms with Crippen LogP contribution in [0.5, 0.6) is 5.75 Å². The summed E-state index contributed by atoms with van der Waals surface area (Å²) in [5, 5.41) is 3.06. The van der Waals surface area contributed by atoms with Gasteiger partial charge in [-0.1, -0.05) is 11.6 Å². The summed E-state index contributed by atoms with van der Waals surface area (Å²) in [6, 6.07) is 3.74.